The minimum Gasteiger partial charge on any atom is -0.352 e. The van der Waals surface area contributed by atoms with Crippen molar-refractivity contribution in [3.63, 3.8) is 0 Å². The van der Waals surface area contributed by atoms with E-state index in [4.69, 9.17) is 17.3 Å². The van der Waals surface area contributed by atoms with Crippen LogP contribution in [0.1, 0.15) is 30.9 Å². The molecule has 1 amide bonds. The minimum atomic E-state index is -0.0891. The first-order chi connectivity index (χ1) is 16.9. The van der Waals surface area contributed by atoms with Gasteiger partial charge in [-0.3, -0.25) is 19.2 Å². The number of hydrogen-bond donors (Lipinski definition) is 1. The number of hydrogen-bond acceptors (Lipinski definition) is 5. The number of amides is 1. The Kier molecular flexibility index (Phi) is 6.86. The summed E-state index contributed by atoms with van der Waals surface area (Å²) in [6.45, 7) is 10.3. The molecule has 1 unspecified atom stereocenters. The van der Waals surface area contributed by atoms with Crippen molar-refractivity contribution < 1.29 is 4.79 Å². The van der Waals surface area contributed by atoms with Crippen LogP contribution in [0.2, 0.25) is 0 Å². The molecule has 1 saturated heterocycles. The van der Waals surface area contributed by atoms with E-state index in [0.717, 1.165) is 56.1 Å². The Morgan fingerprint density at radius 1 is 1.00 bits per heavy atom. The molecule has 1 aromatic heterocycles. The summed E-state index contributed by atoms with van der Waals surface area (Å²) < 4.78 is 4.69. The summed E-state index contributed by atoms with van der Waals surface area (Å²) in [5.74, 6) is 1.01. The number of rotatable bonds is 7. The predicted octanol–water partition coefficient (Wildman–Crippen LogP) is 3.93. The average Bonchev–Trinajstić information content (AvgIpc) is 3.62. The maximum Gasteiger partial charge on any atom is 0.237 e. The first-order valence-corrected chi connectivity index (χ1v) is 12.9. The Morgan fingerprint density at radius 2 is 1.60 bits per heavy atom. The Balaban J connectivity index is 1.34. The molecule has 3 aromatic rings. The average molecular weight is 491 g/mol. The largest absolute Gasteiger partial charge is 0.352 e. The molecule has 8 heteroatoms. The fourth-order valence-electron chi connectivity index (χ4n) is 4.51. The highest BCUT2D eigenvalue weighted by Crippen LogP contribution is 2.24. The molecule has 2 heterocycles. The van der Waals surface area contributed by atoms with Crippen LogP contribution in [0.25, 0.3) is 17.1 Å². The van der Waals surface area contributed by atoms with Gasteiger partial charge in [0.1, 0.15) is 0 Å². The summed E-state index contributed by atoms with van der Waals surface area (Å²) in [6.07, 6.45) is 2.24. The van der Waals surface area contributed by atoms with E-state index in [-0.39, 0.29) is 11.9 Å². The molecule has 35 heavy (non-hydrogen) atoms. The lowest BCUT2D eigenvalue weighted by Gasteiger charge is -2.37. The number of benzene rings is 2. The predicted molar refractivity (Wildman–Crippen MR) is 141 cm³/mol. The number of carbonyl (C=O) groups excluding carboxylic acids is 1. The highest BCUT2D eigenvalue weighted by Gasteiger charge is 2.30. The normalized spacial score (nSPS) is 17.9. The van der Waals surface area contributed by atoms with Crippen molar-refractivity contribution in [2.45, 2.75) is 52.4 Å². The van der Waals surface area contributed by atoms with Gasteiger partial charge < -0.3 is 5.32 Å². The SMILES string of the molecule is Cc1ccc(-c2nn(CN3CCN(C(C)C(=O)NC4CC4)CC3)c(=S)n2-c2ccc(C)cc2)cc1. The molecule has 2 aliphatic rings. The number of carbonyl (C=O) groups is 1. The third-order valence-corrected chi connectivity index (χ3v) is 7.43. The van der Waals surface area contributed by atoms with E-state index < -0.39 is 0 Å². The lowest BCUT2D eigenvalue weighted by atomic mass is 10.1. The van der Waals surface area contributed by atoms with Gasteiger partial charge in [-0.15, -0.1) is 5.10 Å². The molecule has 184 valence electrons. The van der Waals surface area contributed by atoms with Crippen LogP contribution in [0.5, 0.6) is 0 Å². The topological polar surface area (TPSA) is 58.3 Å². The summed E-state index contributed by atoms with van der Waals surface area (Å²) >= 11 is 5.94. The van der Waals surface area contributed by atoms with Crippen molar-refractivity contribution in [3.05, 3.63) is 64.4 Å². The summed E-state index contributed by atoms with van der Waals surface area (Å²) in [5, 5.41) is 8.11. The van der Waals surface area contributed by atoms with Gasteiger partial charge in [-0.2, -0.15) is 0 Å². The second kappa shape index (κ2) is 10.0. The van der Waals surface area contributed by atoms with E-state index in [0.29, 0.717) is 17.5 Å². The number of aryl methyl sites for hydroxylation is 2. The highest BCUT2D eigenvalue weighted by molar-refractivity contribution is 7.71. The molecule has 0 bridgehead atoms. The molecular formula is C27H34N6OS. The molecule has 1 aliphatic heterocycles. The van der Waals surface area contributed by atoms with Gasteiger partial charge in [-0.25, -0.2) is 4.68 Å². The Morgan fingerprint density at radius 3 is 2.20 bits per heavy atom. The summed E-state index contributed by atoms with van der Waals surface area (Å²) in [7, 11) is 0. The first-order valence-electron chi connectivity index (χ1n) is 12.5. The summed E-state index contributed by atoms with van der Waals surface area (Å²) in [5.41, 5.74) is 4.48. The fraction of sp³-hybridized carbons (Fsp3) is 0.444. The number of nitrogens with zero attached hydrogens (tertiary/aromatic N) is 5. The molecule has 1 atom stereocenters. The molecular weight excluding hydrogens is 456 g/mol. The van der Waals surface area contributed by atoms with Crippen molar-refractivity contribution in [1.29, 1.82) is 0 Å². The van der Waals surface area contributed by atoms with Crippen molar-refractivity contribution >= 4 is 18.1 Å². The van der Waals surface area contributed by atoms with Gasteiger partial charge in [0.2, 0.25) is 10.7 Å². The van der Waals surface area contributed by atoms with Crippen molar-refractivity contribution in [2.24, 2.45) is 0 Å². The number of aromatic nitrogens is 3. The van der Waals surface area contributed by atoms with Gasteiger partial charge in [0.05, 0.1) is 12.7 Å². The standard InChI is InChI=1S/C27H34N6OS/c1-19-4-8-22(9-5-19)25-29-32(27(35)33(25)24-12-6-20(2)7-13-24)18-30-14-16-31(17-15-30)21(3)26(34)28-23-10-11-23/h4-9,12-13,21,23H,10-11,14-18H2,1-3H3,(H,28,34). The van der Waals surface area contributed by atoms with E-state index in [1.165, 1.54) is 11.1 Å². The van der Waals surface area contributed by atoms with E-state index in [2.05, 4.69) is 82.1 Å². The minimum absolute atomic E-state index is 0.0891. The van der Waals surface area contributed by atoms with Crippen molar-refractivity contribution in [2.75, 3.05) is 26.2 Å². The third-order valence-electron chi connectivity index (χ3n) is 7.03. The number of piperazine rings is 1. The number of nitrogens with one attached hydrogen (secondary N) is 1. The fourth-order valence-corrected chi connectivity index (χ4v) is 4.80. The zero-order valence-electron chi connectivity index (χ0n) is 20.8. The van der Waals surface area contributed by atoms with E-state index in [1.807, 2.05) is 11.6 Å². The second-order valence-corrected chi connectivity index (χ2v) is 10.3. The van der Waals surface area contributed by atoms with E-state index in [9.17, 15) is 4.79 Å². The summed E-state index contributed by atoms with van der Waals surface area (Å²) in [6, 6.07) is 17.1. The van der Waals surface area contributed by atoms with Gasteiger partial charge in [0.25, 0.3) is 0 Å². The van der Waals surface area contributed by atoms with Crippen LogP contribution in [-0.4, -0.2) is 68.3 Å². The third kappa shape index (κ3) is 5.39. The van der Waals surface area contributed by atoms with Crippen LogP contribution in [0, 0.1) is 18.6 Å². The van der Waals surface area contributed by atoms with E-state index in [1.54, 1.807) is 0 Å². The Hall–Kier alpha value is -2.81. The van der Waals surface area contributed by atoms with Gasteiger partial charge in [-0.05, 0) is 58.0 Å². The Bertz CT molecular complexity index is 1230. The second-order valence-electron chi connectivity index (χ2n) is 9.90. The quantitative estimate of drug-likeness (QED) is 0.509. The lowest BCUT2D eigenvalue weighted by molar-refractivity contribution is -0.126. The zero-order chi connectivity index (χ0) is 24.5. The smallest absolute Gasteiger partial charge is 0.237 e. The molecule has 0 radical (unpaired) electrons. The van der Waals surface area contributed by atoms with Crippen LogP contribution < -0.4 is 5.32 Å². The molecule has 2 fully saturated rings. The van der Waals surface area contributed by atoms with Crippen molar-refractivity contribution in [3.8, 4) is 17.1 Å². The van der Waals surface area contributed by atoms with Crippen LogP contribution in [0.4, 0.5) is 0 Å². The maximum atomic E-state index is 12.5. The van der Waals surface area contributed by atoms with Gasteiger partial charge >= 0.3 is 0 Å². The molecule has 0 spiro atoms. The molecule has 7 nitrogen and oxygen atoms in total. The van der Waals surface area contributed by atoms with Crippen LogP contribution in [-0.2, 0) is 11.5 Å². The maximum absolute atomic E-state index is 12.5. The molecule has 5 rings (SSSR count). The molecule has 1 N–H and O–H groups in total. The monoisotopic (exact) mass is 490 g/mol. The van der Waals surface area contributed by atoms with Crippen LogP contribution in [0.3, 0.4) is 0 Å². The van der Waals surface area contributed by atoms with Crippen LogP contribution in [0.15, 0.2) is 48.5 Å². The van der Waals surface area contributed by atoms with Gasteiger partial charge in [0.15, 0.2) is 5.82 Å². The van der Waals surface area contributed by atoms with Gasteiger partial charge in [0, 0.05) is 43.5 Å². The Labute approximate surface area is 212 Å². The first kappa shape index (κ1) is 23.9. The lowest BCUT2D eigenvalue weighted by Crippen LogP contribution is -2.54. The summed E-state index contributed by atoms with van der Waals surface area (Å²) in [4.78, 5) is 17.1. The highest BCUT2D eigenvalue weighted by atomic mass is 32.1. The van der Waals surface area contributed by atoms with Crippen LogP contribution >= 0.6 is 12.2 Å². The van der Waals surface area contributed by atoms with E-state index >= 15 is 0 Å². The molecule has 1 saturated carbocycles. The zero-order valence-corrected chi connectivity index (χ0v) is 21.6. The van der Waals surface area contributed by atoms with Gasteiger partial charge in [-0.1, -0.05) is 47.5 Å². The molecule has 1 aliphatic carbocycles. The molecule has 2 aromatic carbocycles. The van der Waals surface area contributed by atoms with Crippen molar-refractivity contribution in [1.82, 2.24) is 29.5 Å².